The largest absolute Gasteiger partial charge is 0.397 e. The van der Waals surface area contributed by atoms with Gasteiger partial charge < -0.3 is 10.3 Å². The molecule has 0 bridgehead atoms. The molecule has 0 saturated heterocycles. The van der Waals surface area contributed by atoms with Gasteiger partial charge in [0.15, 0.2) is 5.82 Å². The molecule has 1 fully saturated rings. The Hall–Kier alpha value is -1.58. The molecule has 3 nitrogen and oxygen atoms in total. The summed E-state index contributed by atoms with van der Waals surface area (Å²) in [5.41, 5.74) is 7.82. The van der Waals surface area contributed by atoms with E-state index in [0.717, 1.165) is 24.1 Å². The highest BCUT2D eigenvalue weighted by Crippen LogP contribution is 2.36. The molecule has 0 spiro atoms. The Balaban J connectivity index is 2.28. The van der Waals surface area contributed by atoms with Gasteiger partial charge in [0, 0.05) is 12.2 Å². The van der Waals surface area contributed by atoms with E-state index in [1.54, 1.807) is 12.4 Å². The van der Waals surface area contributed by atoms with Crippen LogP contribution in [0.3, 0.4) is 0 Å². The number of nitrogen functional groups attached to an aromatic ring is 1. The highest BCUT2D eigenvalue weighted by atomic mass is 19.1. The second-order valence-electron chi connectivity index (χ2n) is 4.51. The van der Waals surface area contributed by atoms with Crippen molar-refractivity contribution in [2.24, 2.45) is 0 Å². The van der Waals surface area contributed by atoms with Crippen LogP contribution >= 0.6 is 0 Å². The maximum absolute atomic E-state index is 13.9. The van der Waals surface area contributed by atoms with Crippen molar-refractivity contribution >= 4 is 16.7 Å². The predicted octanol–water partition coefficient (Wildman–Crippen LogP) is 2.79. The number of rotatable bonds is 1. The van der Waals surface area contributed by atoms with Crippen molar-refractivity contribution in [2.45, 2.75) is 32.2 Å². The maximum atomic E-state index is 13.9. The Bertz CT molecular complexity index is 555. The van der Waals surface area contributed by atoms with E-state index in [9.17, 15) is 4.39 Å². The van der Waals surface area contributed by atoms with Gasteiger partial charge in [-0.2, -0.15) is 0 Å². The molecular weight excluding hydrogens is 205 g/mol. The third-order valence-corrected chi connectivity index (χ3v) is 3.56. The molecule has 16 heavy (non-hydrogen) atoms. The van der Waals surface area contributed by atoms with Crippen molar-refractivity contribution in [1.82, 2.24) is 9.55 Å². The number of hydrogen-bond donors (Lipinski definition) is 1. The Morgan fingerprint density at radius 1 is 1.50 bits per heavy atom. The molecule has 0 amide bonds. The van der Waals surface area contributed by atoms with E-state index in [1.165, 1.54) is 6.42 Å². The topological polar surface area (TPSA) is 43.8 Å². The molecule has 0 radical (unpaired) electrons. The second-order valence-corrected chi connectivity index (χ2v) is 4.51. The zero-order valence-corrected chi connectivity index (χ0v) is 9.20. The molecule has 1 saturated carbocycles. The number of hydrogen-bond acceptors (Lipinski definition) is 2. The van der Waals surface area contributed by atoms with E-state index >= 15 is 0 Å². The smallest absolute Gasteiger partial charge is 0.150 e. The van der Waals surface area contributed by atoms with E-state index in [1.807, 2.05) is 11.5 Å². The molecule has 0 aromatic carbocycles. The Kier molecular flexibility index (Phi) is 1.93. The first kappa shape index (κ1) is 9.63. The molecule has 2 heterocycles. The Morgan fingerprint density at radius 3 is 2.88 bits per heavy atom. The van der Waals surface area contributed by atoms with Crippen LogP contribution in [0.4, 0.5) is 10.1 Å². The van der Waals surface area contributed by atoms with Gasteiger partial charge in [-0.05, 0) is 31.7 Å². The molecular formula is C12H14FN3. The third-order valence-electron chi connectivity index (χ3n) is 3.56. The molecule has 0 unspecified atom stereocenters. The number of pyridine rings is 1. The Labute approximate surface area is 93.1 Å². The number of halogens is 1. The van der Waals surface area contributed by atoms with Crippen molar-refractivity contribution in [1.29, 1.82) is 0 Å². The lowest BCUT2D eigenvalue weighted by Crippen LogP contribution is -2.16. The fourth-order valence-electron chi connectivity index (χ4n) is 2.28. The quantitative estimate of drug-likeness (QED) is 0.801. The number of nitrogens with zero attached hydrogens (tertiary/aromatic N) is 2. The van der Waals surface area contributed by atoms with Crippen LogP contribution in [0.1, 0.15) is 30.9 Å². The number of aromatic nitrogens is 2. The maximum Gasteiger partial charge on any atom is 0.150 e. The van der Waals surface area contributed by atoms with E-state index in [2.05, 4.69) is 4.98 Å². The lowest BCUT2D eigenvalue weighted by molar-refractivity contribution is 0.318. The van der Waals surface area contributed by atoms with Gasteiger partial charge in [-0.3, -0.25) is 0 Å². The minimum atomic E-state index is -0.209. The SMILES string of the molecule is Cc1c(N)cnc2c1c(F)cn2C1CCC1. The fraction of sp³-hybridized carbons (Fsp3) is 0.417. The van der Waals surface area contributed by atoms with Gasteiger partial charge in [-0.25, -0.2) is 9.37 Å². The summed E-state index contributed by atoms with van der Waals surface area (Å²) in [6, 6.07) is 0.419. The van der Waals surface area contributed by atoms with Crippen LogP contribution in [0.2, 0.25) is 0 Å². The average Bonchev–Trinajstić information content (AvgIpc) is 2.48. The van der Waals surface area contributed by atoms with Crippen LogP contribution in [0.15, 0.2) is 12.4 Å². The molecule has 1 aliphatic carbocycles. The number of aryl methyl sites for hydroxylation is 1. The van der Waals surface area contributed by atoms with Crippen molar-refractivity contribution in [3.8, 4) is 0 Å². The fourth-order valence-corrected chi connectivity index (χ4v) is 2.28. The molecule has 3 rings (SSSR count). The van der Waals surface area contributed by atoms with E-state index in [0.29, 0.717) is 17.1 Å². The summed E-state index contributed by atoms with van der Waals surface area (Å²) in [7, 11) is 0. The molecule has 4 heteroatoms. The minimum Gasteiger partial charge on any atom is -0.397 e. The summed E-state index contributed by atoms with van der Waals surface area (Å²) in [6.07, 6.45) is 6.64. The van der Waals surface area contributed by atoms with Crippen LogP contribution in [0.5, 0.6) is 0 Å². The first-order valence-corrected chi connectivity index (χ1v) is 5.59. The summed E-state index contributed by atoms with van der Waals surface area (Å²) in [4.78, 5) is 4.26. The van der Waals surface area contributed by atoms with Gasteiger partial charge in [0.1, 0.15) is 5.65 Å². The number of nitrogens with two attached hydrogens (primary N) is 1. The number of anilines is 1. The minimum absolute atomic E-state index is 0.209. The highest BCUT2D eigenvalue weighted by molar-refractivity contribution is 5.84. The molecule has 0 atom stereocenters. The molecule has 2 aromatic heterocycles. The normalized spacial score (nSPS) is 16.6. The third kappa shape index (κ3) is 1.16. The van der Waals surface area contributed by atoms with Crippen LogP contribution < -0.4 is 5.73 Å². The van der Waals surface area contributed by atoms with E-state index < -0.39 is 0 Å². The van der Waals surface area contributed by atoms with Gasteiger partial charge >= 0.3 is 0 Å². The van der Waals surface area contributed by atoms with Gasteiger partial charge in [-0.15, -0.1) is 0 Å². The standard InChI is InChI=1S/C12H14FN3/c1-7-10(14)5-15-12-11(7)9(13)6-16(12)8-3-2-4-8/h5-6,8H,2-4,14H2,1H3. The van der Waals surface area contributed by atoms with Crippen molar-refractivity contribution in [3.63, 3.8) is 0 Å². The van der Waals surface area contributed by atoms with Crippen LogP contribution in [0, 0.1) is 12.7 Å². The summed E-state index contributed by atoms with van der Waals surface area (Å²) in [5, 5.41) is 0.576. The first-order chi connectivity index (χ1) is 7.68. The summed E-state index contributed by atoms with van der Waals surface area (Å²) in [5.74, 6) is -0.209. The zero-order valence-electron chi connectivity index (χ0n) is 9.20. The van der Waals surface area contributed by atoms with Crippen LogP contribution in [-0.2, 0) is 0 Å². The van der Waals surface area contributed by atoms with Crippen molar-refractivity contribution in [2.75, 3.05) is 5.73 Å². The Morgan fingerprint density at radius 2 is 2.25 bits per heavy atom. The van der Waals surface area contributed by atoms with E-state index in [-0.39, 0.29) is 5.82 Å². The second kappa shape index (κ2) is 3.20. The van der Waals surface area contributed by atoms with Crippen molar-refractivity contribution < 1.29 is 4.39 Å². The lowest BCUT2D eigenvalue weighted by Gasteiger charge is -2.27. The average molecular weight is 219 g/mol. The summed E-state index contributed by atoms with van der Waals surface area (Å²) in [6.45, 7) is 1.84. The molecule has 1 aliphatic rings. The van der Waals surface area contributed by atoms with Gasteiger partial charge in [0.05, 0.1) is 17.3 Å². The first-order valence-electron chi connectivity index (χ1n) is 5.59. The molecule has 2 aromatic rings. The summed E-state index contributed by atoms with van der Waals surface area (Å²) < 4.78 is 15.8. The van der Waals surface area contributed by atoms with Crippen LogP contribution in [-0.4, -0.2) is 9.55 Å². The number of fused-ring (bicyclic) bond motifs is 1. The lowest BCUT2D eigenvalue weighted by atomic mass is 9.93. The zero-order chi connectivity index (χ0) is 11.3. The van der Waals surface area contributed by atoms with Gasteiger partial charge in [0.25, 0.3) is 0 Å². The van der Waals surface area contributed by atoms with Gasteiger partial charge in [0.2, 0.25) is 0 Å². The van der Waals surface area contributed by atoms with Gasteiger partial charge in [-0.1, -0.05) is 0 Å². The molecule has 0 aliphatic heterocycles. The molecule has 84 valence electrons. The summed E-state index contributed by atoms with van der Waals surface area (Å²) >= 11 is 0. The highest BCUT2D eigenvalue weighted by Gasteiger charge is 2.23. The van der Waals surface area contributed by atoms with Crippen LogP contribution in [0.25, 0.3) is 11.0 Å². The van der Waals surface area contributed by atoms with E-state index in [4.69, 9.17) is 5.73 Å². The predicted molar refractivity (Wildman–Crippen MR) is 61.7 cm³/mol. The van der Waals surface area contributed by atoms with Crippen molar-refractivity contribution in [3.05, 3.63) is 23.8 Å². The molecule has 2 N–H and O–H groups in total. The monoisotopic (exact) mass is 219 g/mol.